The van der Waals surface area contributed by atoms with Gasteiger partial charge in [0.1, 0.15) is 0 Å². The van der Waals surface area contributed by atoms with Crippen molar-refractivity contribution >= 4 is 11.8 Å². The molecule has 0 radical (unpaired) electrons. The summed E-state index contributed by atoms with van der Waals surface area (Å²) in [4.78, 5) is 7.93. The molecule has 1 unspecified atom stereocenters. The van der Waals surface area contributed by atoms with E-state index in [0.717, 1.165) is 25.7 Å². The molecule has 0 amide bonds. The summed E-state index contributed by atoms with van der Waals surface area (Å²) in [7, 11) is 0. The molecule has 148 valence electrons. The first-order valence-corrected chi connectivity index (χ1v) is 10.8. The monoisotopic (exact) mass is 375 g/mol. The molecular formula is C25H33N3. The van der Waals surface area contributed by atoms with Crippen molar-refractivity contribution < 1.29 is 0 Å². The fraction of sp³-hybridized carbons (Fsp3) is 0.440. The highest BCUT2D eigenvalue weighted by Crippen LogP contribution is 2.23. The summed E-state index contributed by atoms with van der Waals surface area (Å²) in [5.41, 5.74) is 4.10. The van der Waals surface area contributed by atoms with Gasteiger partial charge in [0.2, 0.25) is 0 Å². The van der Waals surface area contributed by atoms with E-state index in [1.54, 1.807) is 0 Å². The molecule has 2 aliphatic rings. The lowest BCUT2D eigenvalue weighted by Gasteiger charge is -2.44. The fourth-order valence-electron chi connectivity index (χ4n) is 4.64. The Labute approximate surface area is 170 Å². The normalized spacial score (nSPS) is 22.0. The average Bonchev–Trinajstić information content (AvgIpc) is 2.75. The maximum absolute atomic E-state index is 2.74. The lowest BCUT2D eigenvalue weighted by molar-refractivity contribution is 0.0991. The summed E-state index contributed by atoms with van der Waals surface area (Å²) in [5.74, 6) is 0. The number of hydrogen-bond acceptors (Lipinski definition) is 3. The molecule has 2 aromatic rings. The van der Waals surface area contributed by atoms with Gasteiger partial charge in [-0.1, -0.05) is 60.7 Å². The third-order valence-electron chi connectivity index (χ3n) is 6.24. The zero-order valence-electron chi connectivity index (χ0n) is 17.1. The zero-order chi connectivity index (χ0) is 19.2. The minimum absolute atomic E-state index is 0.720. The number of likely N-dealkylation sites (tertiary alicyclic amines) is 1. The summed E-state index contributed by atoms with van der Waals surface area (Å²) in [6.45, 7) is 10.4. The number of benzene rings is 2. The van der Waals surface area contributed by atoms with Crippen LogP contribution in [0.2, 0.25) is 0 Å². The predicted molar refractivity (Wildman–Crippen MR) is 120 cm³/mol. The van der Waals surface area contributed by atoms with Crippen molar-refractivity contribution in [2.75, 3.05) is 50.7 Å². The van der Waals surface area contributed by atoms with E-state index < -0.39 is 0 Å². The van der Waals surface area contributed by atoms with Crippen LogP contribution in [0.5, 0.6) is 0 Å². The van der Waals surface area contributed by atoms with Crippen LogP contribution in [0.1, 0.15) is 24.0 Å². The molecular weight excluding hydrogens is 342 g/mol. The van der Waals surface area contributed by atoms with Crippen LogP contribution in [0, 0.1) is 6.92 Å². The van der Waals surface area contributed by atoms with Crippen molar-refractivity contribution in [3.05, 3.63) is 71.8 Å². The molecule has 2 aliphatic heterocycles. The van der Waals surface area contributed by atoms with Crippen molar-refractivity contribution in [3.63, 3.8) is 0 Å². The molecule has 0 aliphatic carbocycles. The molecule has 28 heavy (non-hydrogen) atoms. The summed E-state index contributed by atoms with van der Waals surface area (Å²) in [5, 5.41) is 0. The molecule has 0 aromatic heterocycles. The molecule has 1 atom stereocenters. The number of rotatable bonds is 5. The lowest BCUT2D eigenvalue weighted by atomic mass is 10.0. The Kier molecular flexibility index (Phi) is 6.45. The second-order valence-corrected chi connectivity index (χ2v) is 8.18. The zero-order valence-corrected chi connectivity index (χ0v) is 17.1. The summed E-state index contributed by atoms with van der Waals surface area (Å²) in [6, 6.07) is 20.1. The molecule has 3 nitrogen and oxygen atoms in total. The summed E-state index contributed by atoms with van der Waals surface area (Å²) < 4.78 is 0. The highest BCUT2D eigenvalue weighted by Gasteiger charge is 2.28. The summed E-state index contributed by atoms with van der Waals surface area (Å²) >= 11 is 0. The third kappa shape index (κ3) is 4.84. The Bertz CT molecular complexity index is 762. The molecule has 4 rings (SSSR count). The Morgan fingerprint density at radius 1 is 0.893 bits per heavy atom. The smallest absolute Gasteiger partial charge is 0.0396 e. The molecule has 0 saturated carbocycles. The van der Waals surface area contributed by atoms with E-state index in [-0.39, 0.29) is 0 Å². The van der Waals surface area contributed by atoms with Crippen LogP contribution >= 0.6 is 0 Å². The lowest BCUT2D eigenvalue weighted by Crippen LogP contribution is -2.55. The van der Waals surface area contributed by atoms with E-state index in [9.17, 15) is 0 Å². The molecule has 0 bridgehead atoms. The van der Waals surface area contributed by atoms with Gasteiger partial charge in [-0.2, -0.15) is 0 Å². The van der Waals surface area contributed by atoms with Crippen molar-refractivity contribution in [2.45, 2.75) is 25.8 Å². The Hall–Kier alpha value is -2.10. The van der Waals surface area contributed by atoms with Crippen molar-refractivity contribution in [3.8, 4) is 0 Å². The maximum Gasteiger partial charge on any atom is 0.0396 e. The predicted octanol–water partition coefficient (Wildman–Crippen LogP) is 4.29. The second kappa shape index (κ2) is 9.40. The van der Waals surface area contributed by atoms with Crippen LogP contribution in [0.25, 0.3) is 6.08 Å². The molecule has 2 saturated heterocycles. The van der Waals surface area contributed by atoms with Gasteiger partial charge in [0.05, 0.1) is 0 Å². The second-order valence-electron chi connectivity index (χ2n) is 8.18. The van der Waals surface area contributed by atoms with Crippen LogP contribution in [-0.2, 0) is 0 Å². The number of hydrogen-bond donors (Lipinski definition) is 0. The number of aryl methyl sites for hydroxylation is 1. The first kappa shape index (κ1) is 19.2. The maximum atomic E-state index is 2.74. The number of piperazine rings is 1. The van der Waals surface area contributed by atoms with Crippen LogP contribution in [-0.4, -0.2) is 61.7 Å². The molecule has 2 heterocycles. The van der Waals surface area contributed by atoms with Gasteiger partial charge in [-0.25, -0.2) is 0 Å². The molecule has 0 spiro atoms. The first-order valence-electron chi connectivity index (χ1n) is 10.8. The van der Waals surface area contributed by atoms with Gasteiger partial charge in [0, 0.05) is 51.0 Å². The number of para-hydroxylation sites is 1. The van der Waals surface area contributed by atoms with Gasteiger partial charge in [-0.3, -0.25) is 9.80 Å². The average molecular weight is 376 g/mol. The van der Waals surface area contributed by atoms with E-state index in [0.29, 0.717) is 0 Å². The largest absolute Gasteiger partial charge is 0.369 e. The van der Waals surface area contributed by atoms with Crippen molar-refractivity contribution in [1.82, 2.24) is 9.80 Å². The molecule has 0 N–H and O–H groups in total. The first-order chi connectivity index (χ1) is 13.8. The number of nitrogens with zero attached hydrogens (tertiary/aromatic N) is 3. The minimum Gasteiger partial charge on any atom is -0.369 e. The third-order valence-corrected chi connectivity index (χ3v) is 6.24. The Morgan fingerprint density at radius 3 is 2.43 bits per heavy atom. The molecule has 2 fully saturated rings. The van der Waals surface area contributed by atoms with Gasteiger partial charge < -0.3 is 4.90 Å². The fourth-order valence-corrected chi connectivity index (χ4v) is 4.64. The Balaban J connectivity index is 1.27. The highest BCUT2D eigenvalue weighted by atomic mass is 15.3. The SMILES string of the molecule is Cc1ccccc1N1CCN(C2CCCN(C/C=C/c3ccccc3)C2)CC1. The number of anilines is 1. The topological polar surface area (TPSA) is 9.72 Å². The van der Waals surface area contributed by atoms with Crippen LogP contribution in [0.3, 0.4) is 0 Å². The van der Waals surface area contributed by atoms with Gasteiger partial charge in [-0.15, -0.1) is 0 Å². The van der Waals surface area contributed by atoms with E-state index in [4.69, 9.17) is 0 Å². The van der Waals surface area contributed by atoms with Gasteiger partial charge >= 0.3 is 0 Å². The van der Waals surface area contributed by atoms with E-state index in [2.05, 4.69) is 88.4 Å². The van der Waals surface area contributed by atoms with E-state index >= 15 is 0 Å². The van der Waals surface area contributed by atoms with Crippen molar-refractivity contribution in [1.29, 1.82) is 0 Å². The van der Waals surface area contributed by atoms with Gasteiger partial charge in [-0.05, 0) is 43.5 Å². The Morgan fingerprint density at radius 2 is 1.64 bits per heavy atom. The van der Waals surface area contributed by atoms with Crippen LogP contribution < -0.4 is 4.90 Å². The number of piperidine rings is 1. The van der Waals surface area contributed by atoms with Crippen LogP contribution in [0.4, 0.5) is 5.69 Å². The standard InChI is InChI=1S/C25H33N3/c1-22-9-5-6-14-25(22)28-19-17-27(18-20-28)24-13-8-16-26(21-24)15-7-12-23-10-3-2-4-11-23/h2-7,9-12,14,24H,8,13,15-21H2,1H3/b12-7+. The molecule has 3 heteroatoms. The minimum atomic E-state index is 0.720. The van der Waals surface area contributed by atoms with Gasteiger partial charge in [0.25, 0.3) is 0 Å². The quantitative estimate of drug-likeness (QED) is 0.772. The van der Waals surface area contributed by atoms with Crippen molar-refractivity contribution in [2.24, 2.45) is 0 Å². The van der Waals surface area contributed by atoms with Gasteiger partial charge in [0.15, 0.2) is 0 Å². The van der Waals surface area contributed by atoms with Crippen LogP contribution in [0.15, 0.2) is 60.7 Å². The highest BCUT2D eigenvalue weighted by molar-refractivity contribution is 5.53. The van der Waals surface area contributed by atoms with E-state index in [1.165, 1.54) is 55.8 Å². The summed E-state index contributed by atoms with van der Waals surface area (Å²) in [6.07, 6.45) is 7.25. The van der Waals surface area contributed by atoms with E-state index in [1.807, 2.05) is 0 Å². The molecule has 2 aromatic carbocycles.